The summed E-state index contributed by atoms with van der Waals surface area (Å²) in [5.74, 6) is 1.44. The Morgan fingerprint density at radius 1 is 1.32 bits per heavy atom. The highest BCUT2D eigenvalue weighted by Crippen LogP contribution is 2.40. The maximum absolute atomic E-state index is 4.43. The lowest BCUT2D eigenvalue weighted by atomic mass is 9.81. The van der Waals surface area contributed by atoms with Gasteiger partial charge in [0.25, 0.3) is 0 Å². The number of nitrogens with zero attached hydrogens (tertiary/aromatic N) is 3. The van der Waals surface area contributed by atoms with Crippen LogP contribution in [0.4, 0.5) is 0 Å². The summed E-state index contributed by atoms with van der Waals surface area (Å²) in [6.07, 6.45) is 6.37. The molecule has 0 amide bonds. The number of H-pyrrole nitrogens is 1. The highest BCUT2D eigenvalue weighted by Gasteiger charge is 2.38. The van der Waals surface area contributed by atoms with Gasteiger partial charge in [-0.1, -0.05) is 6.07 Å². The van der Waals surface area contributed by atoms with Crippen molar-refractivity contribution in [2.24, 2.45) is 5.92 Å². The van der Waals surface area contributed by atoms with Crippen molar-refractivity contribution in [2.75, 3.05) is 13.1 Å². The first kappa shape index (κ1) is 11.2. The molecule has 98 valence electrons. The lowest BCUT2D eigenvalue weighted by Crippen LogP contribution is -2.20. The van der Waals surface area contributed by atoms with Crippen LogP contribution in [0.1, 0.15) is 29.3 Å². The molecule has 4 heteroatoms. The van der Waals surface area contributed by atoms with Crippen molar-refractivity contribution in [2.45, 2.75) is 25.3 Å². The van der Waals surface area contributed by atoms with E-state index in [1.165, 1.54) is 36.3 Å². The van der Waals surface area contributed by atoms with Crippen molar-refractivity contribution in [3.8, 4) is 0 Å². The van der Waals surface area contributed by atoms with E-state index in [2.05, 4.69) is 32.2 Å². The van der Waals surface area contributed by atoms with Gasteiger partial charge in [0.2, 0.25) is 0 Å². The van der Waals surface area contributed by atoms with E-state index in [1.807, 2.05) is 18.5 Å². The number of hydrogen-bond acceptors (Lipinski definition) is 3. The minimum atomic E-state index is 0.648. The van der Waals surface area contributed by atoms with Gasteiger partial charge >= 0.3 is 0 Å². The monoisotopic (exact) mass is 254 g/mol. The molecule has 1 N–H and O–H groups in total. The topological polar surface area (TPSA) is 44.8 Å². The highest BCUT2D eigenvalue weighted by molar-refractivity contribution is 5.26. The minimum absolute atomic E-state index is 0.648. The third-order valence-corrected chi connectivity index (χ3v) is 4.53. The molecule has 0 saturated carbocycles. The summed E-state index contributed by atoms with van der Waals surface area (Å²) < 4.78 is 0. The summed E-state index contributed by atoms with van der Waals surface area (Å²) in [5.41, 5.74) is 3.99. The molecule has 19 heavy (non-hydrogen) atoms. The van der Waals surface area contributed by atoms with Gasteiger partial charge in [-0.25, -0.2) is 0 Å². The first-order chi connectivity index (χ1) is 9.40. The van der Waals surface area contributed by atoms with Crippen LogP contribution in [0.5, 0.6) is 0 Å². The number of hydrogen-bond donors (Lipinski definition) is 1. The van der Waals surface area contributed by atoms with Gasteiger partial charge in [-0.05, 0) is 36.5 Å². The van der Waals surface area contributed by atoms with Gasteiger partial charge in [0, 0.05) is 37.4 Å². The summed E-state index contributed by atoms with van der Waals surface area (Å²) in [7, 11) is 0. The zero-order valence-electron chi connectivity index (χ0n) is 10.9. The van der Waals surface area contributed by atoms with E-state index in [-0.39, 0.29) is 0 Å². The van der Waals surface area contributed by atoms with E-state index in [4.69, 9.17) is 0 Å². The maximum Gasteiger partial charge on any atom is 0.0543 e. The van der Waals surface area contributed by atoms with Crippen LogP contribution >= 0.6 is 0 Å². The molecule has 2 atom stereocenters. The summed E-state index contributed by atoms with van der Waals surface area (Å²) >= 11 is 0. The molecule has 2 aromatic heterocycles. The second-order valence-electron chi connectivity index (χ2n) is 5.73. The Hall–Kier alpha value is -1.68. The molecule has 2 aliphatic rings. The molecule has 3 heterocycles. The number of likely N-dealkylation sites (tertiary alicyclic amines) is 1. The van der Waals surface area contributed by atoms with Gasteiger partial charge in [-0.3, -0.25) is 15.0 Å². The van der Waals surface area contributed by atoms with Gasteiger partial charge in [-0.2, -0.15) is 5.10 Å². The van der Waals surface area contributed by atoms with Crippen LogP contribution in [0.3, 0.4) is 0 Å². The summed E-state index contributed by atoms with van der Waals surface area (Å²) in [6, 6.07) is 6.16. The van der Waals surface area contributed by atoms with Crippen molar-refractivity contribution < 1.29 is 0 Å². The summed E-state index contributed by atoms with van der Waals surface area (Å²) in [6.45, 7) is 3.30. The average Bonchev–Trinajstić information content (AvgIpc) is 3.04. The number of aromatic amines is 1. The number of pyridine rings is 1. The predicted octanol–water partition coefficient (Wildman–Crippen LogP) is 1.97. The van der Waals surface area contributed by atoms with E-state index in [9.17, 15) is 0 Å². The Kier molecular flexibility index (Phi) is 2.62. The van der Waals surface area contributed by atoms with E-state index >= 15 is 0 Å². The molecule has 0 aromatic carbocycles. The van der Waals surface area contributed by atoms with E-state index in [0.717, 1.165) is 19.0 Å². The largest absolute Gasteiger partial charge is 0.297 e. The van der Waals surface area contributed by atoms with Gasteiger partial charge < -0.3 is 0 Å². The Bertz CT molecular complexity index is 563. The van der Waals surface area contributed by atoms with Crippen LogP contribution in [0.25, 0.3) is 0 Å². The first-order valence-corrected chi connectivity index (χ1v) is 7.04. The fourth-order valence-corrected chi connectivity index (χ4v) is 3.61. The van der Waals surface area contributed by atoms with Crippen molar-refractivity contribution in [1.29, 1.82) is 0 Å². The van der Waals surface area contributed by atoms with Crippen LogP contribution in [0.2, 0.25) is 0 Å². The number of aromatic nitrogens is 3. The molecular formula is C15H18N4. The smallest absolute Gasteiger partial charge is 0.0543 e. The van der Waals surface area contributed by atoms with Crippen LogP contribution in [-0.4, -0.2) is 33.2 Å². The number of aryl methyl sites for hydroxylation is 1. The first-order valence-electron chi connectivity index (χ1n) is 7.04. The standard InChI is InChI=1S/C15H18N4/c1-2-6-16-13(3-1)9-19-8-12-5-4-11-7-17-18-15(11)14(12)10-19/h1-3,6-7,12,14H,4-5,8-10H2,(H,17,18)/t12-,14+/m1/s1. The molecule has 1 aliphatic heterocycles. The predicted molar refractivity (Wildman–Crippen MR) is 72.7 cm³/mol. The molecule has 0 spiro atoms. The molecule has 0 bridgehead atoms. The van der Waals surface area contributed by atoms with E-state index in [1.54, 1.807) is 0 Å². The van der Waals surface area contributed by atoms with Crippen LogP contribution in [-0.2, 0) is 13.0 Å². The molecule has 0 unspecified atom stereocenters. The van der Waals surface area contributed by atoms with Crippen LogP contribution < -0.4 is 0 Å². The van der Waals surface area contributed by atoms with E-state index in [0.29, 0.717) is 5.92 Å². The highest BCUT2D eigenvalue weighted by atomic mass is 15.2. The number of fused-ring (bicyclic) bond motifs is 3. The average molecular weight is 254 g/mol. The molecular weight excluding hydrogens is 236 g/mol. The second kappa shape index (κ2) is 4.46. The fourth-order valence-electron chi connectivity index (χ4n) is 3.61. The van der Waals surface area contributed by atoms with Gasteiger partial charge in [0.05, 0.1) is 11.9 Å². The second-order valence-corrected chi connectivity index (χ2v) is 5.73. The van der Waals surface area contributed by atoms with Crippen molar-refractivity contribution >= 4 is 0 Å². The zero-order valence-corrected chi connectivity index (χ0v) is 10.9. The van der Waals surface area contributed by atoms with Crippen molar-refractivity contribution in [1.82, 2.24) is 20.1 Å². The summed E-state index contributed by atoms with van der Waals surface area (Å²) in [5, 5.41) is 7.44. The van der Waals surface area contributed by atoms with Crippen molar-refractivity contribution in [3.63, 3.8) is 0 Å². The minimum Gasteiger partial charge on any atom is -0.297 e. The lowest BCUT2D eigenvalue weighted by molar-refractivity contribution is 0.310. The molecule has 1 fully saturated rings. The third kappa shape index (κ3) is 1.96. The molecule has 0 radical (unpaired) electrons. The third-order valence-electron chi connectivity index (χ3n) is 4.53. The summed E-state index contributed by atoms with van der Waals surface area (Å²) in [4.78, 5) is 6.97. The van der Waals surface area contributed by atoms with E-state index < -0.39 is 0 Å². The van der Waals surface area contributed by atoms with Gasteiger partial charge in [0.1, 0.15) is 0 Å². The molecule has 1 aliphatic carbocycles. The fraction of sp³-hybridized carbons (Fsp3) is 0.467. The normalized spacial score (nSPS) is 26.1. The maximum atomic E-state index is 4.43. The molecule has 4 rings (SSSR count). The SMILES string of the molecule is c1ccc(CN2C[C@H]3CCc4cn[nH]c4[C@H]3C2)nc1. The Morgan fingerprint density at radius 3 is 3.21 bits per heavy atom. The Labute approximate surface area is 112 Å². The zero-order chi connectivity index (χ0) is 12.7. The van der Waals surface area contributed by atoms with Gasteiger partial charge in [-0.15, -0.1) is 0 Å². The lowest BCUT2D eigenvalue weighted by Gasteiger charge is -2.23. The Morgan fingerprint density at radius 2 is 2.32 bits per heavy atom. The quantitative estimate of drug-likeness (QED) is 0.891. The number of nitrogens with one attached hydrogen (secondary N) is 1. The molecule has 4 nitrogen and oxygen atoms in total. The van der Waals surface area contributed by atoms with Gasteiger partial charge in [0.15, 0.2) is 0 Å². The molecule has 1 saturated heterocycles. The number of rotatable bonds is 2. The van der Waals surface area contributed by atoms with Crippen LogP contribution in [0, 0.1) is 5.92 Å². The van der Waals surface area contributed by atoms with Crippen LogP contribution in [0.15, 0.2) is 30.6 Å². The van der Waals surface area contributed by atoms with Crippen molar-refractivity contribution in [3.05, 3.63) is 47.5 Å². The Balaban J connectivity index is 1.52. The molecule has 2 aromatic rings.